The number of nitrogens with zero attached hydrogens (tertiary/aromatic N) is 5. The Kier molecular flexibility index (Phi) is 3.74. The second kappa shape index (κ2) is 6.39. The van der Waals surface area contributed by atoms with Gasteiger partial charge in [-0.05, 0) is 30.5 Å². The molecule has 1 fully saturated rings. The molecule has 0 spiro atoms. The molecule has 3 aromatic heterocycles. The number of rotatable bonds is 6. The average Bonchev–Trinajstić information content (AvgIpc) is 3.23. The predicted molar refractivity (Wildman–Crippen MR) is 104 cm³/mol. The lowest BCUT2D eigenvalue weighted by atomic mass is 10.1. The van der Waals surface area contributed by atoms with Crippen LogP contribution in [0.1, 0.15) is 30.0 Å². The molecule has 1 saturated carbocycles. The van der Waals surface area contributed by atoms with Crippen LogP contribution in [-0.2, 0) is 6.54 Å². The van der Waals surface area contributed by atoms with Crippen molar-refractivity contribution >= 4 is 28.5 Å². The zero-order valence-corrected chi connectivity index (χ0v) is 15.0. The highest BCUT2D eigenvalue weighted by Crippen LogP contribution is 2.39. The van der Waals surface area contributed by atoms with Crippen molar-refractivity contribution in [1.29, 1.82) is 0 Å². The maximum Gasteiger partial charge on any atom is 0.227 e. The summed E-state index contributed by atoms with van der Waals surface area (Å²) >= 11 is 0. The Hall–Kier alpha value is -3.42. The number of hydrogen-bond donors (Lipinski definition) is 3. The van der Waals surface area contributed by atoms with E-state index in [1.165, 1.54) is 24.1 Å². The van der Waals surface area contributed by atoms with E-state index in [4.69, 9.17) is 0 Å². The number of aromatic amines is 2. The Morgan fingerprint density at radius 1 is 1.19 bits per heavy atom. The molecular formula is C19H20N8. The minimum atomic E-state index is 0.644. The molecule has 136 valence electrons. The fourth-order valence-electron chi connectivity index (χ4n) is 3.23. The number of nitrogens with one attached hydrogen (secondary N) is 3. The van der Waals surface area contributed by atoms with Crippen molar-refractivity contribution in [2.75, 3.05) is 17.3 Å². The van der Waals surface area contributed by atoms with E-state index in [0.717, 1.165) is 22.5 Å². The third-order valence-electron chi connectivity index (χ3n) is 4.84. The third kappa shape index (κ3) is 3.21. The van der Waals surface area contributed by atoms with Crippen LogP contribution in [0.25, 0.3) is 10.9 Å². The van der Waals surface area contributed by atoms with E-state index in [9.17, 15) is 0 Å². The summed E-state index contributed by atoms with van der Waals surface area (Å²) in [5.74, 6) is 2.80. The molecule has 8 heteroatoms. The van der Waals surface area contributed by atoms with Gasteiger partial charge in [-0.1, -0.05) is 12.1 Å². The summed E-state index contributed by atoms with van der Waals surface area (Å²) in [6.07, 6.45) is 6.10. The molecule has 0 radical (unpaired) electrons. The van der Waals surface area contributed by atoms with Gasteiger partial charge in [-0.3, -0.25) is 10.2 Å². The molecule has 0 saturated heterocycles. The van der Waals surface area contributed by atoms with Crippen LogP contribution in [0.5, 0.6) is 0 Å². The quantitative estimate of drug-likeness (QED) is 0.488. The maximum absolute atomic E-state index is 4.63. The van der Waals surface area contributed by atoms with Crippen LogP contribution < -0.4 is 10.2 Å². The van der Waals surface area contributed by atoms with Gasteiger partial charge < -0.3 is 10.2 Å². The van der Waals surface area contributed by atoms with Gasteiger partial charge in [-0.15, -0.1) is 0 Å². The van der Waals surface area contributed by atoms with E-state index in [1.54, 1.807) is 6.20 Å². The highest BCUT2D eigenvalue weighted by molar-refractivity contribution is 5.81. The van der Waals surface area contributed by atoms with Gasteiger partial charge in [-0.2, -0.15) is 15.2 Å². The van der Waals surface area contributed by atoms with Gasteiger partial charge in [0.1, 0.15) is 5.82 Å². The summed E-state index contributed by atoms with van der Waals surface area (Å²) in [7, 11) is 1.98. The molecule has 5 rings (SSSR count). The summed E-state index contributed by atoms with van der Waals surface area (Å²) in [6, 6.07) is 10.0. The van der Waals surface area contributed by atoms with Gasteiger partial charge in [0.15, 0.2) is 5.82 Å². The minimum absolute atomic E-state index is 0.644. The summed E-state index contributed by atoms with van der Waals surface area (Å²) in [5.41, 5.74) is 3.39. The SMILES string of the molecule is CN(Cc1cccc2[nH]ncc12)c1nccc(Nc2cc(C3CC3)[nH]n2)n1. The molecule has 0 bridgehead atoms. The van der Waals surface area contributed by atoms with Crippen LogP contribution in [0.15, 0.2) is 42.7 Å². The van der Waals surface area contributed by atoms with E-state index in [-0.39, 0.29) is 0 Å². The average molecular weight is 360 g/mol. The first-order chi connectivity index (χ1) is 13.3. The number of fused-ring (bicyclic) bond motifs is 1. The Morgan fingerprint density at radius 2 is 2.11 bits per heavy atom. The van der Waals surface area contributed by atoms with Crippen molar-refractivity contribution in [2.45, 2.75) is 25.3 Å². The molecule has 3 N–H and O–H groups in total. The fourth-order valence-corrected chi connectivity index (χ4v) is 3.23. The first kappa shape index (κ1) is 15.8. The molecule has 0 unspecified atom stereocenters. The first-order valence-corrected chi connectivity index (χ1v) is 9.04. The molecule has 1 aliphatic carbocycles. The standard InChI is InChI=1S/C19H20N8/c1-27(11-13-3-2-4-15-14(13)10-21-24-15)19-20-8-7-17(23-19)22-18-9-16(25-26-18)12-5-6-12/h2-4,7-10,12H,5-6,11H2,1H3,(H,21,24)(H2,20,22,23,25,26). The molecule has 3 heterocycles. The van der Waals surface area contributed by atoms with Gasteiger partial charge in [0.25, 0.3) is 0 Å². The number of aromatic nitrogens is 6. The monoisotopic (exact) mass is 360 g/mol. The fraction of sp³-hybridized carbons (Fsp3) is 0.263. The lowest BCUT2D eigenvalue weighted by Gasteiger charge is -2.18. The molecule has 1 aliphatic rings. The van der Waals surface area contributed by atoms with Crippen LogP contribution in [0.2, 0.25) is 0 Å². The third-order valence-corrected chi connectivity index (χ3v) is 4.84. The molecule has 1 aromatic carbocycles. The van der Waals surface area contributed by atoms with Crippen molar-refractivity contribution in [1.82, 2.24) is 30.4 Å². The summed E-state index contributed by atoms with van der Waals surface area (Å²) in [6.45, 7) is 0.689. The molecule has 4 aromatic rings. The van der Waals surface area contributed by atoms with Crippen molar-refractivity contribution in [3.8, 4) is 0 Å². The Labute approximate surface area is 156 Å². The van der Waals surface area contributed by atoms with Crippen molar-refractivity contribution in [3.05, 3.63) is 54.0 Å². The van der Waals surface area contributed by atoms with Gasteiger partial charge >= 0.3 is 0 Å². The van der Waals surface area contributed by atoms with Gasteiger partial charge in [0, 0.05) is 42.9 Å². The van der Waals surface area contributed by atoms with Crippen molar-refractivity contribution < 1.29 is 0 Å². The lowest BCUT2D eigenvalue weighted by Crippen LogP contribution is -2.19. The van der Waals surface area contributed by atoms with E-state index in [2.05, 4.69) is 47.8 Å². The summed E-state index contributed by atoms with van der Waals surface area (Å²) in [5, 5.41) is 18.9. The number of benzene rings is 1. The van der Waals surface area contributed by atoms with E-state index in [0.29, 0.717) is 18.4 Å². The highest BCUT2D eigenvalue weighted by Gasteiger charge is 2.25. The van der Waals surface area contributed by atoms with Gasteiger partial charge in [0.05, 0.1) is 11.7 Å². The molecule has 0 amide bonds. The molecular weight excluding hydrogens is 340 g/mol. The maximum atomic E-state index is 4.63. The summed E-state index contributed by atoms with van der Waals surface area (Å²) in [4.78, 5) is 11.1. The van der Waals surface area contributed by atoms with E-state index >= 15 is 0 Å². The number of H-pyrrole nitrogens is 2. The van der Waals surface area contributed by atoms with E-state index in [1.807, 2.05) is 36.3 Å². The summed E-state index contributed by atoms with van der Waals surface area (Å²) < 4.78 is 0. The van der Waals surface area contributed by atoms with Gasteiger partial charge in [0.2, 0.25) is 5.95 Å². The zero-order valence-electron chi connectivity index (χ0n) is 15.0. The van der Waals surface area contributed by atoms with Crippen LogP contribution in [0.4, 0.5) is 17.6 Å². The Balaban J connectivity index is 1.33. The second-order valence-corrected chi connectivity index (χ2v) is 6.95. The van der Waals surface area contributed by atoms with Crippen molar-refractivity contribution in [2.24, 2.45) is 0 Å². The predicted octanol–water partition coefficient (Wildman–Crippen LogP) is 3.33. The topological polar surface area (TPSA) is 98.4 Å². The normalized spacial score (nSPS) is 13.8. The number of hydrogen-bond acceptors (Lipinski definition) is 6. The molecule has 0 atom stereocenters. The van der Waals surface area contributed by atoms with Crippen LogP contribution in [0.3, 0.4) is 0 Å². The number of anilines is 3. The highest BCUT2D eigenvalue weighted by atomic mass is 15.3. The smallest absolute Gasteiger partial charge is 0.227 e. The largest absolute Gasteiger partial charge is 0.339 e. The van der Waals surface area contributed by atoms with Crippen molar-refractivity contribution in [3.63, 3.8) is 0 Å². The van der Waals surface area contributed by atoms with E-state index < -0.39 is 0 Å². The molecule has 8 nitrogen and oxygen atoms in total. The Bertz CT molecular complexity index is 1080. The van der Waals surface area contributed by atoms with Crippen LogP contribution in [-0.4, -0.2) is 37.4 Å². The van der Waals surface area contributed by atoms with Crippen LogP contribution >= 0.6 is 0 Å². The lowest BCUT2D eigenvalue weighted by molar-refractivity contribution is 0.873. The zero-order chi connectivity index (χ0) is 18.2. The Morgan fingerprint density at radius 3 is 3.00 bits per heavy atom. The minimum Gasteiger partial charge on any atom is -0.339 e. The second-order valence-electron chi connectivity index (χ2n) is 6.95. The van der Waals surface area contributed by atoms with Crippen LogP contribution in [0, 0.1) is 0 Å². The van der Waals surface area contributed by atoms with Gasteiger partial charge in [-0.25, -0.2) is 4.98 Å². The molecule has 0 aliphatic heterocycles. The first-order valence-electron chi connectivity index (χ1n) is 9.04. The molecule has 27 heavy (non-hydrogen) atoms.